The highest BCUT2D eigenvalue weighted by Crippen LogP contribution is 2.32. The average Bonchev–Trinajstić information content (AvgIpc) is 2.97. The molecule has 0 unspecified atom stereocenters. The second kappa shape index (κ2) is 5.23. The molecule has 4 N–H and O–H groups in total. The molecule has 0 spiro atoms. The van der Waals surface area contributed by atoms with Crippen molar-refractivity contribution in [2.75, 3.05) is 18.1 Å². The third-order valence-corrected chi connectivity index (χ3v) is 4.55. The number of pyridine rings is 1. The molecule has 5 heteroatoms. The summed E-state index contributed by atoms with van der Waals surface area (Å²) >= 11 is 0. The molecule has 4 aromatic rings. The number of aromatic nitrogens is 3. The molecule has 0 aliphatic carbocycles. The van der Waals surface area contributed by atoms with Gasteiger partial charge in [-0.05, 0) is 55.3 Å². The molecule has 2 aromatic heterocycles. The van der Waals surface area contributed by atoms with E-state index in [1.165, 1.54) is 11.1 Å². The van der Waals surface area contributed by atoms with E-state index in [2.05, 4.69) is 41.3 Å². The lowest BCUT2D eigenvalue weighted by molar-refractivity contribution is 1.31. The smallest absolute Gasteiger partial charge is 0.142 e. The van der Waals surface area contributed by atoms with Crippen LogP contribution in [-0.4, -0.2) is 22.0 Å². The van der Waals surface area contributed by atoms with E-state index in [9.17, 15) is 0 Å². The predicted molar refractivity (Wildman–Crippen MR) is 100 cm³/mol. The highest BCUT2D eigenvalue weighted by molar-refractivity contribution is 5.99. The van der Waals surface area contributed by atoms with Crippen molar-refractivity contribution in [3.8, 4) is 11.4 Å². The minimum atomic E-state index is 0.685. The molecule has 120 valence electrons. The molecular weight excluding hydrogens is 298 g/mol. The number of anilines is 2. The lowest BCUT2D eigenvalue weighted by Crippen LogP contribution is -1.96. The van der Waals surface area contributed by atoms with Crippen LogP contribution in [0.4, 0.5) is 11.4 Å². The van der Waals surface area contributed by atoms with E-state index in [1.54, 1.807) is 6.20 Å². The van der Waals surface area contributed by atoms with Gasteiger partial charge in [0.05, 0.1) is 27.8 Å². The van der Waals surface area contributed by atoms with Gasteiger partial charge in [0, 0.05) is 24.3 Å². The Kier molecular flexibility index (Phi) is 3.16. The second-order valence-corrected chi connectivity index (χ2v) is 6.11. The molecule has 0 saturated carbocycles. The Morgan fingerprint density at radius 3 is 2.62 bits per heavy atom. The van der Waals surface area contributed by atoms with Gasteiger partial charge in [0.15, 0.2) is 0 Å². The van der Waals surface area contributed by atoms with Crippen LogP contribution in [0.3, 0.4) is 0 Å². The minimum absolute atomic E-state index is 0.685. The van der Waals surface area contributed by atoms with Crippen LogP contribution in [0.25, 0.3) is 33.3 Å². The monoisotopic (exact) mass is 317 g/mol. The molecular formula is C19H19N5. The van der Waals surface area contributed by atoms with Crippen molar-refractivity contribution < 1.29 is 0 Å². The molecule has 24 heavy (non-hydrogen) atoms. The highest BCUT2D eigenvalue weighted by Gasteiger charge is 2.13. The highest BCUT2D eigenvalue weighted by atomic mass is 14.9. The summed E-state index contributed by atoms with van der Waals surface area (Å²) in [7, 11) is 1.89. The number of nitrogens with zero attached hydrogens (tertiary/aromatic N) is 2. The van der Waals surface area contributed by atoms with Crippen molar-refractivity contribution in [2.45, 2.75) is 13.8 Å². The van der Waals surface area contributed by atoms with E-state index in [-0.39, 0.29) is 0 Å². The molecule has 0 amide bonds. The fourth-order valence-corrected chi connectivity index (χ4v) is 2.95. The standard InChI is InChI=1S/C19H19N5/c1-10-6-16-17(7-11(10)2)24-19(23-16)14-9-22-15-5-4-12(21-3)8-13(15)18(14)20/h4-9,21H,1-3H3,(H2,20,22)(H,23,24). The average molecular weight is 317 g/mol. The number of nitrogens with one attached hydrogen (secondary N) is 2. The molecule has 0 bridgehead atoms. The number of aryl methyl sites for hydroxylation is 2. The van der Waals surface area contributed by atoms with Gasteiger partial charge in [-0.2, -0.15) is 0 Å². The van der Waals surface area contributed by atoms with Crippen molar-refractivity contribution in [3.63, 3.8) is 0 Å². The summed E-state index contributed by atoms with van der Waals surface area (Å²) in [5.41, 5.74) is 14.2. The Morgan fingerprint density at radius 1 is 1.04 bits per heavy atom. The van der Waals surface area contributed by atoms with Gasteiger partial charge in [0.2, 0.25) is 0 Å². The van der Waals surface area contributed by atoms with Crippen LogP contribution >= 0.6 is 0 Å². The summed E-state index contributed by atoms with van der Waals surface area (Å²) in [5, 5.41) is 4.06. The van der Waals surface area contributed by atoms with Crippen LogP contribution in [0.15, 0.2) is 36.5 Å². The topological polar surface area (TPSA) is 79.6 Å². The normalized spacial score (nSPS) is 11.3. The zero-order valence-corrected chi connectivity index (χ0v) is 13.9. The number of imidazole rings is 1. The molecule has 0 aliphatic rings. The summed E-state index contributed by atoms with van der Waals surface area (Å²) < 4.78 is 0. The summed E-state index contributed by atoms with van der Waals surface area (Å²) in [6, 6.07) is 10.2. The lowest BCUT2D eigenvalue weighted by atomic mass is 10.1. The Hall–Kier alpha value is -3.08. The first kappa shape index (κ1) is 14.5. The van der Waals surface area contributed by atoms with Crippen LogP contribution < -0.4 is 11.1 Å². The van der Waals surface area contributed by atoms with Crippen LogP contribution in [0.1, 0.15) is 11.1 Å². The number of H-pyrrole nitrogens is 1. The van der Waals surface area contributed by atoms with Gasteiger partial charge in [0.1, 0.15) is 5.82 Å². The Labute approximate surface area is 139 Å². The molecule has 0 atom stereocenters. The summed E-state index contributed by atoms with van der Waals surface area (Å²) in [4.78, 5) is 12.6. The van der Waals surface area contributed by atoms with Gasteiger partial charge >= 0.3 is 0 Å². The third kappa shape index (κ3) is 2.17. The zero-order chi connectivity index (χ0) is 16.8. The van der Waals surface area contributed by atoms with Gasteiger partial charge in [-0.15, -0.1) is 0 Å². The molecule has 0 saturated heterocycles. The number of rotatable bonds is 2. The van der Waals surface area contributed by atoms with E-state index in [0.717, 1.165) is 39.0 Å². The van der Waals surface area contributed by atoms with E-state index >= 15 is 0 Å². The number of hydrogen-bond donors (Lipinski definition) is 3. The maximum Gasteiger partial charge on any atom is 0.142 e. The Morgan fingerprint density at radius 2 is 1.83 bits per heavy atom. The van der Waals surface area contributed by atoms with Crippen LogP contribution in [0.2, 0.25) is 0 Å². The summed E-state index contributed by atoms with van der Waals surface area (Å²) in [6.45, 7) is 4.19. The van der Waals surface area contributed by atoms with Crippen molar-refractivity contribution in [1.82, 2.24) is 15.0 Å². The van der Waals surface area contributed by atoms with Gasteiger partial charge < -0.3 is 16.0 Å². The van der Waals surface area contributed by atoms with Crippen LogP contribution in [0.5, 0.6) is 0 Å². The molecule has 2 aromatic carbocycles. The molecule has 0 radical (unpaired) electrons. The zero-order valence-electron chi connectivity index (χ0n) is 13.9. The molecule has 0 fully saturated rings. The Bertz CT molecular complexity index is 1040. The molecule has 5 nitrogen and oxygen atoms in total. The largest absolute Gasteiger partial charge is 0.398 e. The lowest BCUT2D eigenvalue weighted by Gasteiger charge is -2.08. The third-order valence-electron chi connectivity index (χ3n) is 4.55. The summed E-state index contributed by atoms with van der Waals surface area (Å²) in [6.07, 6.45) is 1.79. The summed E-state index contributed by atoms with van der Waals surface area (Å²) in [5.74, 6) is 0.747. The van der Waals surface area contributed by atoms with Crippen molar-refractivity contribution in [3.05, 3.63) is 47.7 Å². The maximum atomic E-state index is 6.43. The van der Waals surface area contributed by atoms with E-state index in [0.29, 0.717) is 5.69 Å². The maximum absolute atomic E-state index is 6.43. The first-order chi connectivity index (χ1) is 11.6. The van der Waals surface area contributed by atoms with Gasteiger partial charge in [-0.3, -0.25) is 4.98 Å². The number of fused-ring (bicyclic) bond motifs is 2. The van der Waals surface area contributed by atoms with Crippen molar-refractivity contribution in [1.29, 1.82) is 0 Å². The van der Waals surface area contributed by atoms with E-state index < -0.39 is 0 Å². The number of nitrogens with two attached hydrogens (primary N) is 1. The fourth-order valence-electron chi connectivity index (χ4n) is 2.95. The molecule has 2 heterocycles. The first-order valence-corrected chi connectivity index (χ1v) is 7.90. The number of nitrogen functional groups attached to an aromatic ring is 1. The van der Waals surface area contributed by atoms with Gasteiger partial charge in [0.25, 0.3) is 0 Å². The number of hydrogen-bond acceptors (Lipinski definition) is 4. The molecule has 4 rings (SSSR count). The van der Waals surface area contributed by atoms with Gasteiger partial charge in [-0.25, -0.2) is 4.98 Å². The number of aromatic amines is 1. The van der Waals surface area contributed by atoms with Crippen molar-refractivity contribution in [2.24, 2.45) is 0 Å². The first-order valence-electron chi connectivity index (χ1n) is 7.90. The van der Waals surface area contributed by atoms with E-state index in [1.807, 2.05) is 25.2 Å². The predicted octanol–water partition coefficient (Wildman–Crippen LogP) is 4.02. The van der Waals surface area contributed by atoms with Crippen molar-refractivity contribution >= 4 is 33.3 Å². The van der Waals surface area contributed by atoms with Crippen LogP contribution in [0, 0.1) is 13.8 Å². The Balaban J connectivity index is 1.94. The SMILES string of the molecule is CNc1ccc2ncc(-c3nc4cc(C)c(C)cc4[nH]3)c(N)c2c1. The van der Waals surface area contributed by atoms with Crippen LogP contribution in [-0.2, 0) is 0 Å². The quantitative estimate of drug-likeness (QED) is 0.522. The van der Waals surface area contributed by atoms with Gasteiger partial charge in [-0.1, -0.05) is 0 Å². The minimum Gasteiger partial charge on any atom is -0.398 e. The second-order valence-electron chi connectivity index (χ2n) is 6.11. The molecule has 0 aliphatic heterocycles. The fraction of sp³-hybridized carbons (Fsp3) is 0.158. The van der Waals surface area contributed by atoms with E-state index in [4.69, 9.17) is 10.7 Å². The number of benzene rings is 2.